The Morgan fingerprint density at radius 3 is 2.70 bits per heavy atom. The molecule has 0 bridgehead atoms. The molecule has 1 aromatic carbocycles. The number of anilines is 2. The van der Waals surface area contributed by atoms with Crippen LogP contribution in [0.25, 0.3) is 0 Å². The van der Waals surface area contributed by atoms with Gasteiger partial charge in [0.05, 0.1) is 18.8 Å². The molecule has 2 atom stereocenters. The Kier molecular flexibility index (Phi) is 4.62. The van der Waals surface area contributed by atoms with Crippen LogP contribution >= 0.6 is 0 Å². The van der Waals surface area contributed by atoms with E-state index in [9.17, 15) is 4.79 Å². The van der Waals surface area contributed by atoms with Crippen molar-refractivity contribution in [2.24, 2.45) is 0 Å². The van der Waals surface area contributed by atoms with Crippen molar-refractivity contribution in [2.45, 2.75) is 33.0 Å². The first-order valence-electron chi connectivity index (χ1n) is 6.98. The fourth-order valence-corrected chi connectivity index (χ4v) is 2.60. The lowest BCUT2D eigenvalue weighted by Crippen LogP contribution is -2.48. The van der Waals surface area contributed by atoms with Crippen molar-refractivity contribution in [1.82, 2.24) is 4.90 Å². The number of hydrogen-bond acceptors (Lipinski definition) is 4. The molecule has 0 unspecified atom stereocenters. The van der Waals surface area contributed by atoms with Gasteiger partial charge in [-0.1, -0.05) is 6.07 Å². The van der Waals surface area contributed by atoms with E-state index in [-0.39, 0.29) is 18.1 Å². The van der Waals surface area contributed by atoms with Crippen molar-refractivity contribution in [3.05, 3.63) is 23.8 Å². The van der Waals surface area contributed by atoms with Gasteiger partial charge >= 0.3 is 0 Å². The molecule has 0 radical (unpaired) electrons. The van der Waals surface area contributed by atoms with Crippen molar-refractivity contribution in [2.75, 3.05) is 30.7 Å². The van der Waals surface area contributed by atoms with Gasteiger partial charge in [-0.15, -0.1) is 0 Å². The Morgan fingerprint density at radius 1 is 1.40 bits per heavy atom. The van der Waals surface area contributed by atoms with Gasteiger partial charge in [0, 0.05) is 24.5 Å². The van der Waals surface area contributed by atoms with Crippen LogP contribution in [-0.4, -0.2) is 42.6 Å². The smallest absolute Gasteiger partial charge is 0.238 e. The van der Waals surface area contributed by atoms with Crippen LogP contribution in [0.1, 0.15) is 19.4 Å². The Balaban J connectivity index is 1.94. The number of hydrogen-bond donors (Lipinski definition) is 2. The van der Waals surface area contributed by atoms with Gasteiger partial charge in [-0.2, -0.15) is 0 Å². The summed E-state index contributed by atoms with van der Waals surface area (Å²) in [6, 6.07) is 5.54. The molecule has 20 heavy (non-hydrogen) atoms. The van der Waals surface area contributed by atoms with Gasteiger partial charge in [0.2, 0.25) is 5.91 Å². The number of carbonyl (C=O) groups is 1. The summed E-state index contributed by atoms with van der Waals surface area (Å²) >= 11 is 0. The van der Waals surface area contributed by atoms with Gasteiger partial charge in [0.15, 0.2) is 0 Å². The average molecular weight is 277 g/mol. The van der Waals surface area contributed by atoms with Crippen LogP contribution in [-0.2, 0) is 9.53 Å². The number of benzene rings is 1. The number of ether oxygens (including phenoxy) is 1. The maximum atomic E-state index is 12.1. The van der Waals surface area contributed by atoms with Crippen LogP contribution in [0.5, 0.6) is 0 Å². The van der Waals surface area contributed by atoms with E-state index in [2.05, 4.69) is 10.2 Å². The van der Waals surface area contributed by atoms with E-state index >= 15 is 0 Å². The Labute approximate surface area is 120 Å². The maximum Gasteiger partial charge on any atom is 0.238 e. The second-order valence-electron chi connectivity index (χ2n) is 5.52. The summed E-state index contributed by atoms with van der Waals surface area (Å²) in [5, 5.41) is 2.93. The number of amides is 1. The zero-order valence-electron chi connectivity index (χ0n) is 12.3. The number of nitrogen functional groups attached to an aromatic ring is 1. The third kappa shape index (κ3) is 3.71. The van der Waals surface area contributed by atoms with Crippen LogP contribution in [0.3, 0.4) is 0 Å². The molecule has 0 aliphatic carbocycles. The lowest BCUT2D eigenvalue weighted by molar-refractivity contribution is -0.121. The minimum absolute atomic E-state index is 0.0139. The zero-order valence-corrected chi connectivity index (χ0v) is 12.3. The molecule has 0 spiro atoms. The Bertz CT molecular complexity index is 480. The van der Waals surface area contributed by atoms with E-state index in [0.29, 0.717) is 12.2 Å². The van der Waals surface area contributed by atoms with E-state index in [4.69, 9.17) is 10.5 Å². The molecule has 1 aliphatic heterocycles. The van der Waals surface area contributed by atoms with Crippen LogP contribution in [0.15, 0.2) is 18.2 Å². The predicted molar refractivity (Wildman–Crippen MR) is 80.7 cm³/mol. The van der Waals surface area contributed by atoms with Gasteiger partial charge in [-0.3, -0.25) is 9.69 Å². The van der Waals surface area contributed by atoms with E-state index in [0.717, 1.165) is 24.3 Å². The molecule has 1 heterocycles. The molecule has 5 heteroatoms. The fraction of sp³-hybridized carbons (Fsp3) is 0.533. The highest BCUT2D eigenvalue weighted by molar-refractivity contribution is 5.93. The average Bonchev–Trinajstić information content (AvgIpc) is 2.33. The number of carbonyl (C=O) groups excluding carboxylic acids is 1. The molecule has 1 amide bonds. The van der Waals surface area contributed by atoms with Crippen molar-refractivity contribution in [3.63, 3.8) is 0 Å². The normalized spacial score (nSPS) is 23.6. The van der Waals surface area contributed by atoms with Crippen molar-refractivity contribution >= 4 is 17.3 Å². The molecule has 110 valence electrons. The van der Waals surface area contributed by atoms with Crippen LogP contribution < -0.4 is 11.1 Å². The molecule has 3 N–H and O–H groups in total. The molecular weight excluding hydrogens is 254 g/mol. The van der Waals surface area contributed by atoms with Crippen LogP contribution in [0.4, 0.5) is 11.4 Å². The van der Waals surface area contributed by atoms with Gasteiger partial charge in [-0.05, 0) is 38.5 Å². The Morgan fingerprint density at radius 2 is 2.05 bits per heavy atom. The number of nitrogens with zero attached hydrogens (tertiary/aromatic N) is 1. The third-order valence-corrected chi connectivity index (χ3v) is 3.51. The Hall–Kier alpha value is -1.59. The van der Waals surface area contributed by atoms with E-state index < -0.39 is 0 Å². The first kappa shape index (κ1) is 14.8. The monoisotopic (exact) mass is 277 g/mol. The molecule has 2 rings (SSSR count). The van der Waals surface area contributed by atoms with Crippen LogP contribution in [0, 0.1) is 6.92 Å². The highest BCUT2D eigenvalue weighted by atomic mass is 16.5. The molecule has 1 aromatic rings. The van der Waals surface area contributed by atoms with Gasteiger partial charge in [0.25, 0.3) is 0 Å². The molecule has 1 fully saturated rings. The van der Waals surface area contributed by atoms with Crippen molar-refractivity contribution in [3.8, 4) is 0 Å². The number of morpholine rings is 1. The number of nitrogens with two attached hydrogens (primary N) is 1. The first-order chi connectivity index (χ1) is 9.45. The SMILES string of the molecule is Cc1c(N)cccc1NC(=O)CN1C[C@@H](C)O[C@@H](C)C1. The molecule has 0 aromatic heterocycles. The zero-order chi connectivity index (χ0) is 14.7. The summed E-state index contributed by atoms with van der Waals surface area (Å²) in [7, 11) is 0. The topological polar surface area (TPSA) is 67.6 Å². The molecule has 5 nitrogen and oxygen atoms in total. The molecule has 0 saturated carbocycles. The minimum Gasteiger partial charge on any atom is -0.398 e. The van der Waals surface area contributed by atoms with E-state index in [1.807, 2.05) is 39.0 Å². The fourth-order valence-electron chi connectivity index (χ4n) is 2.60. The highest BCUT2D eigenvalue weighted by Gasteiger charge is 2.23. The summed E-state index contributed by atoms with van der Waals surface area (Å²) in [5.74, 6) is -0.0139. The van der Waals surface area contributed by atoms with E-state index in [1.54, 1.807) is 0 Å². The van der Waals surface area contributed by atoms with Crippen molar-refractivity contribution in [1.29, 1.82) is 0 Å². The second kappa shape index (κ2) is 6.24. The second-order valence-corrected chi connectivity index (χ2v) is 5.52. The number of rotatable bonds is 3. The summed E-state index contributed by atoms with van der Waals surface area (Å²) in [6.45, 7) is 7.92. The molecular formula is C15H23N3O2. The van der Waals surface area contributed by atoms with Gasteiger partial charge < -0.3 is 15.8 Å². The van der Waals surface area contributed by atoms with E-state index in [1.165, 1.54) is 0 Å². The molecule has 1 aliphatic rings. The largest absolute Gasteiger partial charge is 0.398 e. The maximum absolute atomic E-state index is 12.1. The predicted octanol–water partition coefficient (Wildman–Crippen LogP) is 1.62. The highest BCUT2D eigenvalue weighted by Crippen LogP contribution is 2.20. The standard InChI is InChI=1S/C15H23N3O2/c1-10-7-18(8-11(2)20-10)9-15(19)17-14-6-4-5-13(16)12(14)3/h4-6,10-11H,7-9,16H2,1-3H3,(H,17,19)/t10-,11+. The molecule has 1 saturated heterocycles. The quantitative estimate of drug-likeness (QED) is 0.824. The summed E-state index contributed by atoms with van der Waals surface area (Å²) in [5.41, 5.74) is 8.22. The van der Waals surface area contributed by atoms with Crippen molar-refractivity contribution < 1.29 is 9.53 Å². The first-order valence-corrected chi connectivity index (χ1v) is 6.98. The summed E-state index contributed by atoms with van der Waals surface area (Å²) < 4.78 is 5.66. The summed E-state index contributed by atoms with van der Waals surface area (Å²) in [4.78, 5) is 14.2. The van der Waals surface area contributed by atoms with Gasteiger partial charge in [0.1, 0.15) is 0 Å². The number of nitrogens with one attached hydrogen (secondary N) is 1. The minimum atomic E-state index is -0.0139. The summed E-state index contributed by atoms with van der Waals surface area (Å²) in [6.07, 6.45) is 0.335. The third-order valence-electron chi connectivity index (χ3n) is 3.51. The lowest BCUT2D eigenvalue weighted by atomic mass is 10.1. The van der Waals surface area contributed by atoms with Gasteiger partial charge in [-0.25, -0.2) is 0 Å². The van der Waals surface area contributed by atoms with Crippen LogP contribution in [0.2, 0.25) is 0 Å². The lowest BCUT2D eigenvalue weighted by Gasteiger charge is -2.34.